The number of aryl methyl sites for hydroxylation is 1. The molecular formula is C24H24N4O2S. The second-order valence-electron chi connectivity index (χ2n) is 8.12. The zero-order valence-corrected chi connectivity index (χ0v) is 18.0. The molecule has 3 aromatic rings. The van der Waals surface area contributed by atoms with E-state index in [1.165, 1.54) is 16.9 Å². The van der Waals surface area contributed by atoms with Crippen LogP contribution in [0.4, 0.5) is 5.69 Å². The lowest BCUT2D eigenvalue weighted by atomic mass is 9.93. The van der Waals surface area contributed by atoms with Crippen LogP contribution in [-0.2, 0) is 11.2 Å². The summed E-state index contributed by atoms with van der Waals surface area (Å²) in [5.41, 5.74) is 2.62. The van der Waals surface area contributed by atoms with E-state index in [-0.39, 0.29) is 11.8 Å². The normalized spacial score (nSPS) is 17.0. The molecule has 5 rings (SSSR count). The van der Waals surface area contributed by atoms with Crippen LogP contribution < -0.4 is 10.6 Å². The van der Waals surface area contributed by atoms with Crippen molar-refractivity contribution in [3.63, 3.8) is 0 Å². The Morgan fingerprint density at radius 2 is 1.81 bits per heavy atom. The zero-order chi connectivity index (χ0) is 21.3. The molecule has 7 heteroatoms. The van der Waals surface area contributed by atoms with Crippen LogP contribution in [0.1, 0.15) is 34.5 Å². The van der Waals surface area contributed by atoms with Crippen LogP contribution in [0, 0.1) is 0 Å². The van der Waals surface area contributed by atoms with Crippen LogP contribution in [0.2, 0.25) is 0 Å². The van der Waals surface area contributed by atoms with Gasteiger partial charge in [-0.1, -0.05) is 30.3 Å². The number of pyridine rings is 1. The second-order valence-corrected chi connectivity index (χ2v) is 9.17. The molecule has 0 radical (unpaired) electrons. The molecule has 0 unspecified atom stereocenters. The summed E-state index contributed by atoms with van der Waals surface area (Å²) in [6.45, 7) is 1.27. The van der Waals surface area contributed by atoms with Gasteiger partial charge in [-0.2, -0.15) is 0 Å². The number of hydrogen-bond donors (Lipinski definition) is 2. The first-order valence-corrected chi connectivity index (χ1v) is 11.4. The predicted octanol–water partition coefficient (Wildman–Crippen LogP) is 3.92. The van der Waals surface area contributed by atoms with Crippen molar-refractivity contribution in [3.8, 4) is 10.4 Å². The van der Waals surface area contributed by atoms with E-state index in [1.54, 1.807) is 12.4 Å². The van der Waals surface area contributed by atoms with E-state index >= 15 is 0 Å². The lowest BCUT2D eigenvalue weighted by Gasteiger charge is -2.45. The van der Waals surface area contributed by atoms with Crippen molar-refractivity contribution < 1.29 is 9.59 Å². The quantitative estimate of drug-likeness (QED) is 0.655. The zero-order valence-electron chi connectivity index (χ0n) is 17.1. The molecule has 4 heterocycles. The molecule has 2 aromatic heterocycles. The molecule has 31 heavy (non-hydrogen) atoms. The van der Waals surface area contributed by atoms with Gasteiger partial charge in [0, 0.05) is 49.6 Å². The number of nitrogens with one attached hydrogen (secondary N) is 2. The standard InChI is InChI=1S/C24H24N4O2S/c29-21(7-6-17-4-2-1-3-5-17)28-14-10-24(11-15-28)26-19-16-20(18-8-12-25-13-9-18)31-22(19)23(30)27-24/h1-5,8-9,12-13,16,26H,6-7,10-11,14-15H2,(H,27,30). The number of fused-ring (bicyclic) bond motifs is 1. The third-order valence-corrected chi connectivity index (χ3v) is 7.25. The maximum atomic E-state index is 12.8. The van der Waals surface area contributed by atoms with E-state index in [0.29, 0.717) is 37.2 Å². The summed E-state index contributed by atoms with van der Waals surface area (Å²) in [6.07, 6.45) is 6.17. The van der Waals surface area contributed by atoms with E-state index in [0.717, 1.165) is 22.5 Å². The lowest BCUT2D eigenvalue weighted by Crippen LogP contribution is -2.62. The minimum Gasteiger partial charge on any atom is -0.361 e. The number of amides is 2. The van der Waals surface area contributed by atoms with Crippen molar-refractivity contribution in [1.29, 1.82) is 0 Å². The topological polar surface area (TPSA) is 74.3 Å². The van der Waals surface area contributed by atoms with Crippen molar-refractivity contribution in [2.24, 2.45) is 0 Å². The van der Waals surface area contributed by atoms with Gasteiger partial charge in [0.15, 0.2) is 0 Å². The first-order valence-electron chi connectivity index (χ1n) is 10.6. The smallest absolute Gasteiger partial charge is 0.265 e. The largest absolute Gasteiger partial charge is 0.361 e. The molecule has 0 bridgehead atoms. The van der Waals surface area contributed by atoms with Crippen LogP contribution in [0.25, 0.3) is 10.4 Å². The fourth-order valence-electron chi connectivity index (χ4n) is 4.32. The highest BCUT2D eigenvalue weighted by Crippen LogP contribution is 2.40. The third kappa shape index (κ3) is 4.05. The molecule has 1 fully saturated rings. The average molecular weight is 433 g/mol. The van der Waals surface area contributed by atoms with Gasteiger partial charge in [0.25, 0.3) is 5.91 Å². The Morgan fingerprint density at radius 3 is 2.55 bits per heavy atom. The Morgan fingerprint density at radius 1 is 1.06 bits per heavy atom. The van der Waals surface area contributed by atoms with Crippen molar-refractivity contribution >= 4 is 28.8 Å². The maximum absolute atomic E-state index is 12.8. The van der Waals surface area contributed by atoms with Gasteiger partial charge in [-0.3, -0.25) is 14.6 Å². The van der Waals surface area contributed by atoms with E-state index in [4.69, 9.17) is 0 Å². The van der Waals surface area contributed by atoms with Crippen molar-refractivity contribution in [2.45, 2.75) is 31.3 Å². The van der Waals surface area contributed by atoms with Crippen molar-refractivity contribution in [2.75, 3.05) is 18.4 Å². The number of piperidine rings is 1. The third-order valence-electron chi connectivity index (χ3n) is 6.07. The van der Waals surface area contributed by atoms with Crippen molar-refractivity contribution in [1.82, 2.24) is 15.2 Å². The summed E-state index contributed by atoms with van der Waals surface area (Å²) in [5, 5.41) is 6.76. The number of aromatic nitrogens is 1. The van der Waals surface area contributed by atoms with Gasteiger partial charge in [0.05, 0.1) is 5.69 Å². The molecule has 158 valence electrons. The van der Waals surface area contributed by atoms with Gasteiger partial charge >= 0.3 is 0 Å². The predicted molar refractivity (Wildman–Crippen MR) is 122 cm³/mol. The molecule has 1 spiro atoms. The van der Waals surface area contributed by atoms with Crippen molar-refractivity contribution in [3.05, 3.63) is 71.4 Å². The molecule has 2 aliphatic heterocycles. The fourth-order valence-corrected chi connectivity index (χ4v) is 5.33. The summed E-state index contributed by atoms with van der Waals surface area (Å²) in [5.74, 6) is 0.139. The first kappa shape index (κ1) is 19.8. The number of nitrogens with zero attached hydrogens (tertiary/aromatic N) is 2. The number of carbonyl (C=O) groups is 2. The van der Waals surface area contributed by atoms with Gasteiger partial charge in [0.1, 0.15) is 10.5 Å². The Hall–Kier alpha value is -3.19. The Labute approximate surface area is 185 Å². The molecule has 1 saturated heterocycles. The summed E-state index contributed by atoms with van der Waals surface area (Å²) in [4.78, 5) is 33.3. The maximum Gasteiger partial charge on any atom is 0.265 e. The minimum absolute atomic E-state index is 0.0390. The number of hydrogen-bond acceptors (Lipinski definition) is 5. The number of carbonyl (C=O) groups excluding carboxylic acids is 2. The van der Waals surface area contributed by atoms with Gasteiger partial charge in [-0.05, 0) is 35.7 Å². The average Bonchev–Trinajstić information content (AvgIpc) is 3.24. The molecular weight excluding hydrogens is 408 g/mol. The number of rotatable bonds is 4. The van der Waals surface area contributed by atoms with E-state index < -0.39 is 5.66 Å². The minimum atomic E-state index is -0.489. The Balaban J connectivity index is 1.23. The van der Waals surface area contributed by atoms with Gasteiger partial charge in [0.2, 0.25) is 5.91 Å². The highest BCUT2D eigenvalue weighted by molar-refractivity contribution is 7.18. The van der Waals surface area contributed by atoms with E-state index in [2.05, 4.69) is 27.8 Å². The van der Waals surface area contributed by atoms with E-state index in [1.807, 2.05) is 41.3 Å². The van der Waals surface area contributed by atoms with Gasteiger partial charge < -0.3 is 15.5 Å². The lowest BCUT2D eigenvalue weighted by molar-refractivity contribution is -0.132. The number of likely N-dealkylation sites (tertiary alicyclic amines) is 1. The summed E-state index contributed by atoms with van der Waals surface area (Å²) >= 11 is 1.49. The van der Waals surface area contributed by atoms with Gasteiger partial charge in [-0.25, -0.2) is 0 Å². The summed E-state index contributed by atoms with van der Waals surface area (Å²) < 4.78 is 0. The monoisotopic (exact) mass is 432 g/mol. The molecule has 0 aliphatic carbocycles. The van der Waals surface area contributed by atoms with E-state index in [9.17, 15) is 9.59 Å². The fraction of sp³-hybridized carbons (Fsp3) is 0.292. The first-order chi connectivity index (χ1) is 15.1. The van der Waals surface area contributed by atoms with Crippen LogP contribution >= 0.6 is 11.3 Å². The summed E-state index contributed by atoms with van der Waals surface area (Å²) in [6, 6.07) is 16.0. The molecule has 2 amide bonds. The Bertz CT molecular complexity index is 1090. The highest BCUT2D eigenvalue weighted by atomic mass is 32.1. The molecule has 0 saturated carbocycles. The molecule has 6 nitrogen and oxygen atoms in total. The second kappa shape index (κ2) is 8.15. The molecule has 2 aliphatic rings. The SMILES string of the molecule is O=C1NC2(CCN(C(=O)CCc3ccccc3)CC2)Nc2cc(-c3ccncc3)sc21. The van der Waals surface area contributed by atoms with Crippen LogP contribution in [0.5, 0.6) is 0 Å². The molecule has 1 aromatic carbocycles. The molecule has 2 N–H and O–H groups in total. The van der Waals surface area contributed by atoms with Crippen LogP contribution in [0.15, 0.2) is 60.9 Å². The number of thiophene rings is 1. The summed E-state index contributed by atoms with van der Waals surface area (Å²) in [7, 11) is 0. The highest BCUT2D eigenvalue weighted by Gasteiger charge is 2.41. The number of anilines is 1. The van der Waals surface area contributed by atoms with Crippen LogP contribution in [-0.4, -0.2) is 40.5 Å². The Kier molecular flexibility index (Phi) is 5.19. The number of benzene rings is 1. The van der Waals surface area contributed by atoms with Crippen LogP contribution in [0.3, 0.4) is 0 Å². The molecule has 0 atom stereocenters. The van der Waals surface area contributed by atoms with Gasteiger partial charge in [-0.15, -0.1) is 11.3 Å².